The van der Waals surface area contributed by atoms with E-state index in [1.54, 1.807) is 0 Å². The second-order valence-corrected chi connectivity index (χ2v) is 76.2. The van der Waals surface area contributed by atoms with Gasteiger partial charge in [-0.05, 0) is 11.0 Å². The van der Waals surface area contributed by atoms with Crippen molar-refractivity contribution in [1.82, 2.24) is 31.2 Å². The topological polar surface area (TPSA) is 25.9 Å². The van der Waals surface area contributed by atoms with Crippen LogP contribution in [0, 0.1) is 0 Å². The Hall–Kier alpha value is 4.02. The fourth-order valence-electron chi connectivity index (χ4n) is 2.48. The van der Waals surface area contributed by atoms with Crippen LogP contribution in [0.4, 0.5) is 0 Å². The molecule has 0 radical (unpaired) electrons. The number of nitrogens with zero attached hydrogens (tertiary/aromatic N) is 8. The molecule has 0 saturated carbocycles. The van der Waals surface area contributed by atoms with E-state index in [9.17, 15) is 0 Å². The van der Waals surface area contributed by atoms with Crippen molar-refractivity contribution in [3.8, 4) is 0 Å². The monoisotopic (exact) mass is 728 g/mol. The van der Waals surface area contributed by atoms with E-state index in [2.05, 4.69) is 31.2 Å². The van der Waals surface area contributed by atoms with E-state index in [-0.39, 0.29) is 60.2 Å². The van der Waals surface area contributed by atoms with Crippen molar-refractivity contribution in [3.05, 3.63) is 0 Å². The molecule has 28 heteroatoms. The van der Waals surface area contributed by atoms with Crippen LogP contribution in [0.15, 0.2) is 0 Å². The molecular formula is H56N8Si20. The molecule has 0 N–H and O–H groups in total. The molecule has 0 rings (SSSR count). The zero-order valence-electron chi connectivity index (χ0n) is 21.1. The van der Waals surface area contributed by atoms with Crippen LogP contribution in [0.2, 0.25) is 0 Å². The Balaban J connectivity index is -0.000000171. The van der Waals surface area contributed by atoms with Crippen molar-refractivity contribution >= 4 is 206 Å². The third kappa shape index (κ3) is 43.8. The first-order chi connectivity index (χ1) is 12.2. The van der Waals surface area contributed by atoms with Crippen molar-refractivity contribution in [2.75, 3.05) is 0 Å². The van der Waals surface area contributed by atoms with Gasteiger partial charge in [0.15, 0.2) is 0 Å². The zero-order valence-corrected chi connectivity index (χ0v) is 56.2. The summed E-state index contributed by atoms with van der Waals surface area (Å²) in [6.07, 6.45) is 0. The van der Waals surface area contributed by atoms with Crippen LogP contribution < -0.4 is 0 Å². The standard InChI is InChI=1S/H24N4Si9.H19N3Si7.H9NSi3.H4Si/c5-1(6)11-3(9)13-4(10)12-2(7)8;4-1(5)9-3(8)10-2(6)7;2-1(3)4;/h11-13H2,5-10H3;9-10H2,4-8H3;2-4H3;1H4. The highest BCUT2D eigenvalue weighted by molar-refractivity contribution is 6.71. The Labute approximate surface area is 234 Å². The minimum absolute atomic E-state index is 0. The lowest BCUT2D eigenvalue weighted by molar-refractivity contribution is 0.891. The molecule has 0 unspecified atom stereocenters. The third-order valence-electron chi connectivity index (χ3n) is 2.58. The van der Waals surface area contributed by atoms with Gasteiger partial charge in [0, 0.05) is 0 Å². The molecule has 0 aliphatic rings. The molecule has 0 aliphatic carbocycles. The van der Waals surface area contributed by atoms with E-state index < -0.39 is 0 Å². The van der Waals surface area contributed by atoms with E-state index in [1.165, 1.54) is 146 Å². The van der Waals surface area contributed by atoms with Crippen LogP contribution in [-0.2, 0) is 0 Å². The van der Waals surface area contributed by atoms with Crippen LogP contribution in [0.25, 0.3) is 0 Å². The highest BCUT2D eigenvalue weighted by Gasteiger charge is 2.05. The Morgan fingerprint density at radius 1 is 0.321 bits per heavy atom. The Kier molecular flexibility index (Phi) is 35.9. The highest BCUT2D eigenvalue weighted by atomic mass is 28.4. The molecule has 0 heterocycles. The van der Waals surface area contributed by atoms with Gasteiger partial charge in [-0.2, -0.15) is 0 Å². The van der Waals surface area contributed by atoms with Crippen LogP contribution in [-0.4, -0.2) is 237 Å². The Morgan fingerprint density at radius 2 is 0.464 bits per heavy atom. The quantitative estimate of drug-likeness (QED) is 0.205. The van der Waals surface area contributed by atoms with Crippen LogP contribution in [0.1, 0.15) is 0 Å². The molecule has 0 atom stereocenters. The maximum absolute atomic E-state index is 2.87. The molecule has 0 aliphatic heterocycles. The van der Waals surface area contributed by atoms with Gasteiger partial charge in [-0.25, -0.2) is 0 Å². The molecule has 176 valence electrons. The molecule has 8 nitrogen and oxygen atoms in total. The zero-order chi connectivity index (χ0) is 22.2. The summed E-state index contributed by atoms with van der Waals surface area (Å²) in [6.45, 7) is 0. The average molecular weight is 730 g/mol. The first-order valence-electron chi connectivity index (χ1n) is 9.42. The van der Waals surface area contributed by atoms with E-state index in [1.807, 2.05) is 0 Å². The van der Waals surface area contributed by atoms with Gasteiger partial charge < -0.3 is 31.2 Å². The SMILES string of the molecule is [SiH3]N([SiH3])[SiH2]N([SiH3])[SiH2]N([SiH3])[SiH2]N([SiH3])[SiH3].[SiH3]N([SiH3])[SiH2]N([SiH3])[SiH2]N([SiH3])[SiH3].[SiH3]N([SiH3])[SiH3].[SiH4]. The number of hydrogen-bond acceptors (Lipinski definition) is 8. The van der Waals surface area contributed by atoms with Gasteiger partial charge >= 0.3 is 0 Å². The molecular weight excluding hydrogens is 674 g/mol. The van der Waals surface area contributed by atoms with Crippen molar-refractivity contribution in [1.29, 1.82) is 0 Å². The van der Waals surface area contributed by atoms with Gasteiger partial charge in [-0.3, -0.25) is 0 Å². The molecule has 28 heavy (non-hydrogen) atoms. The average Bonchev–Trinajstić information content (AvgIpc) is 2.33. The van der Waals surface area contributed by atoms with Crippen molar-refractivity contribution in [3.63, 3.8) is 0 Å². The van der Waals surface area contributed by atoms with E-state index in [0.717, 1.165) is 0 Å². The van der Waals surface area contributed by atoms with Gasteiger partial charge in [0.25, 0.3) is 0 Å². The summed E-state index contributed by atoms with van der Waals surface area (Å²) in [4.78, 5) is 0. The maximum Gasteiger partial charge on any atom is 0.146 e. The maximum atomic E-state index is 2.87. The molecule has 0 aromatic heterocycles. The predicted octanol–water partition coefficient (Wildman–Crippen LogP) is -25.2. The fourth-order valence-corrected chi connectivity index (χ4v) is 64.5. The minimum Gasteiger partial charge on any atom is -0.390 e. The van der Waals surface area contributed by atoms with Crippen LogP contribution >= 0.6 is 0 Å². The summed E-state index contributed by atoms with van der Waals surface area (Å²) < 4.78 is 21.7. The third-order valence-corrected chi connectivity index (χ3v) is 23.2. The first kappa shape index (κ1) is 39.2. The van der Waals surface area contributed by atoms with Crippen LogP contribution in [0.5, 0.6) is 0 Å². The molecule has 0 aromatic carbocycles. The van der Waals surface area contributed by atoms with Gasteiger partial charge in [0.1, 0.15) is 49.2 Å². The predicted molar refractivity (Wildman–Crippen MR) is 208 cm³/mol. The molecule has 0 spiro atoms. The summed E-state index contributed by atoms with van der Waals surface area (Å²) in [5, 5.41) is 0. The molecule has 0 fully saturated rings. The smallest absolute Gasteiger partial charge is 0.146 e. The normalized spacial score (nSPS) is 15.0. The van der Waals surface area contributed by atoms with Gasteiger partial charge in [-0.1, -0.05) is 0 Å². The van der Waals surface area contributed by atoms with E-state index in [4.69, 9.17) is 0 Å². The van der Waals surface area contributed by atoms with Gasteiger partial charge in [0.2, 0.25) is 0 Å². The second-order valence-electron chi connectivity index (χ2n) is 8.94. The van der Waals surface area contributed by atoms with Gasteiger partial charge in [-0.15, -0.1) is 0 Å². The van der Waals surface area contributed by atoms with E-state index >= 15 is 0 Å². The molecule has 0 bridgehead atoms. The lowest BCUT2D eigenvalue weighted by Crippen LogP contribution is -2.50. The van der Waals surface area contributed by atoms with Gasteiger partial charge in [0.05, 0.1) is 146 Å². The molecule has 0 saturated heterocycles. The Morgan fingerprint density at radius 3 is 0.607 bits per heavy atom. The van der Waals surface area contributed by atoms with Crippen molar-refractivity contribution in [2.45, 2.75) is 0 Å². The Bertz CT molecular complexity index is 269. The first-order valence-corrected chi connectivity index (χ1v) is 28.3. The number of rotatable bonds is 10. The summed E-state index contributed by atoms with van der Waals surface area (Å²) in [5.74, 6) is 0. The minimum atomic E-state index is 0. The summed E-state index contributed by atoms with van der Waals surface area (Å²) in [7, 11) is 19.2. The lowest BCUT2D eigenvalue weighted by Gasteiger charge is -2.28. The highest BCUT2D eigenvalue weighted by Crippen LogP contribution is 1.81. The lowest BCUT2D eigenvalue weighted by atomic mass is 13.7. The van der Waals surface area contributed by atoms with Crippen LogP contribution in [0.3, 0.4) is 0 Å². The van der Waals surface area contributed by atoms with E-state index in [0.29, 0.717) is 0 Å². The largest absolute Gasteiger partial charge is 0.390 e. The summed E-state index contributed by atoms with van der Waals surface area (Å²) in [5.41, 5.74) is 0. The van der Waals surface area contributed by atoms with Crippen molar-refractivity contribution in [2.24, 2.45) is 0 Å². The molecule has 0 aromatic rings. The van der Waals surface area contributed by atoms with Crippen molar-refractivity contribution < 1.29 is 0 Å². The summed E-state index contributed by atoms with van der Waals surface area (Å²) >= 11 is 0. The number of hydrogen-bond donors (Lipinski definition) is 0. The fraction of sp³-hybridized carbons (Fsp3) is 0. The second kappa shape index (κ2) is 25.6. The molecule has 0 amide bonds. The summed E-state index contributed by atoms with van der Waals surface area (Å²) in [6, 6.07) is 0.